The van der Waals surface area contributed by atoms with E-state index in [0.717, 1.165) is 23.8 Å². The van der Waals surface area contributed by atoms with Crippen molar-refractivity contribution in [1.82, 2.24) is 25.1 Å². The van der Waals surface area contributed by atoms with Gasteiger partial charge in [-0.05, 0) is 30.8 Å². The highest BCUT2D eigenvalue weighted by Gasteiger charge is 2.20. The van der Waals surface area contributed by atoms with Gasteiger partial charge in [0.05, 0.1) is 11.4 Å². The molecule has 5 nitrogen and oxygen atoms in total. The minimum Gasteiger partial charge on any atom is -0.303 e. The van der Waals surface area contributed by atoms with Crippen molar-refractivity contribution < 1.29 is 0 Å². The zero-order valence-electron chi connectivity index (χ0n) is 11.8. The van der Waals surface area contributed by atoms with Crippen molar-refractivity contribution in [2.45, 2.75) is 13.0 Å². The molecule has 0 saturated carbocycles. The number of aromatic nitrogens is 4. The van der Waals surface area contributed by atoms with Gasteiger partial charge in [0.25, 0.3) is 0 Å². The van der Waals surface area contributed by atoms with Crippen molar-refractivity contribution in [2.24, 2.45) is 0 Å². The van der Waals surface area contributed by atoms with Gasteiger partial charge in [0.2, 0.25) is 0 Å². The van der Waals surface area contributed by atoms with Crippen molar-refractivity contribution in [3.05, 3.63) is 72.6 Å². The maximum atomic E-state index is 4.44. The van der Waals surface area contributed by atoms with E-state index in [1.807, 2.05) is 47.1 Å². The quantitative estimate of drug-likeness (QED) is 0.779. The number of para-hydroxylation sites is 1. The minimum atomic E-state index is -0.0843. The van der Waals surface area contributed by atoms with Crippen molar-refractivity contribution in [3.63, 3.8) is 0 Å². The molecule has 1 unspecified atom stereocenters. The lowest BCUT2D eigenvalue weighted by molar-refractivity contribution is 0.565. The normalized spacial score (nSPS) is 12.2. The molecule has 1 aromatic carbocycles. The monoisotopic (exact) mass is 279 g/mol. The summed E-state index contributed by atoms with van der Waals surface area (Å²) in [5, 5.41) is 7.86. The van der Waals surface area contributed by atoms with Crippen LogP contribution in [0.1, 0.15) is 24.5 Å². The van der Waals surface area contributed by atoms with Crippen molar-refractivity contribution in [1.29, 1.82) is 0 Å². The molecule has 0 spiro atoms. The van der Waals surface area contributed by atoms with Crippen LogP contribution >= 0.6 is 0 Å². The van der Waals surface area contributed by atoms with Crippen LogP contribution in [0, 0.1) is 0 Å². The summed E-state index contributed by atoms with van der Waals surface area (Å²) in [5.74, 6) is 0.747. The summed E-state index contributed by atoms with van der Waals surface area (Å²) >= 11 is 0. The van der Waals surface area contributed by atoms with Crippen LogP contribution in [0.5, 0.6) is 0 Å². The molecule has 0 bridgehead atoms. The molecule has 3 aromatic rings. The molecule has 3 rings (SSSR count). The summed E-state index contributed by atoms with van der Waals surface area (Å²) < 4.78 is 1.92. The number of hydrogen-bond donors (Lipinski definition) is 1. The molecule has 0 radical (unpaired) electrons. The second kappa shape index (κ2) is 6.28. The third kappa shape index (κ3) is 2.83. The molecule has 5 heteroatoms. The SMILES string of the molecule is CCNC(c1ncccn1)c1ccnn1-c1ccccc1. The van der Waals surface area contributed by atoms with Crippen LogP contribution in [0.15, 0.2) is 61.1 Å². The van der Waals surface area contributed by atoms with Gasteiger partial charge in [-0.2, -0.15) is 5.10 Å². The van der Waals surface area contributed by atoms with E-state index in [9.17, 15) is 0 Å². The van der Waals surface area contributed by atoms with Crippen LogP contribution in [-0.4, -0.2) is 26.3 Å². The van der Waals surface area contributed by atoms with Gasteiger partial charge in [-0.25, -0.2) is 14.6 Å². The Bertz CT molecular complexity index is 678. The molecule has 21 heavy (non-hydrogen) atoms. The molecular weight excluding hydrogens is 262 g/mol. The van der Waals surface area contributed by atoms with E-state index in [4.69, 9.17) is 0 Å². The van der Waals surface area contributed by atoms with Gasteiger partial charge in [-0.3, -0.25) is 0 Å². The smallest absolute Gasteiger partial charge is 0.151 e. The summed E-state index contributed by atoms with van der Waals surface area (Å²) in [5.41, 5.74) is 2.05. The van der Waals surface area contributed by atoms with Gasteiger partial charge in [0.15, 0.2) is 5.82 Å². The van der Waals surface area contributed by atoms with Crippen molar-refractivity contribution in [3.8, 4) is 5.69 Å². The zero-order chi connectivity index (χ0) is 14.5. The molecule has 0 saturated heterocycles. The Morgan fingerprint density at radius 3 is 2.48 bits per heavy atom. The van der Waals surface area contributed by atoms with E-state index in [2.05, 4.69) is 27.3 Å². The molecule has 0 aliphatic carbocycles. The Morgan fingerprint density at radius 2 is 1.76 bits per heavy atom. The van der Waals surface area contributed by atoms with Gasteiger partial charge in [-0.1, -0.05) is 25.1 Å². The molecular formula is C16H17N5. The summed E-state index contributed by atoms with van der Waals surface area (Å²) in [7, 11) is 0. The first kappa shape index (κ1) is 13.5. The molecule has 2 heterocycles. The Balaban J connectivity index is 2.04. The first-order chi connectivity index (χ1) is 10.4. The first-order valence-electron chi connectivity index (χ1n) is 7.00. The number of nitrogens with one attached hydrogen (secondary N) is 1. The highest BCUT2D eigenvalue weighted by Crippen LogP contribution is 2.21. The third-order valence-corrected chi connectivity index (χ3v) is 3.22. The molecule has 1 N–H and O–H groups in total. The van der Waals surface area contributed by atoms with E-state index < -0.39 is 0 Å². The first-order valence-corrected chi connectivity index (χ1v) is 7.00. The fourth-order valence-electron chi connectivity index (χ4n) is 2.31. The van der Waals surface area contributed by atoms with Crippen molar-refractivity contribution >= 4 is 0 Å². The second-order valence-electron chi connectivity index (χ2n) is 4.60. The maximum Gasteiger partial charge on any atom is 0.151 e. The molecule has 0 fully saturated rings. The van der Waals surface area contributed by atoms with Crippen LogP contribution < -0.4 is 5.32 Å². The summed E-state index contributed by atoms with van der Waals surface area (Å²) in [6.45, 7) is 2.89. The van der Waals surface area contributed by atoms with E-state index in [-0.39, 0.29) is 6.04 Å². The lowest BCUT2D eigenvalue weighted by atomic mass is 10.1. The van der Waals surface area contributed by atoms with Gasteiger partial charge in [0.1, 0.15) is 6.04 Å². The highest BCUT2D eigenvalue weighted by molar-refractivity contribution is 5.34. The summed E-state index contributed by atoms with van der Waals surface area (Å²) in [6, 6.07) is 13.8. The van der Waals surface area contributed by atoms with Gasteiger partial charge < -0.3 is 5.32 Å². The topological polar surface area (TPSA) is 55.6 Å². The lowest BCUT2D eigenvalue weighted by Gasteiger charge is -2.18. The average molecular weight is 279 g/mol. The number of benzene rings is 1. The largest absolute Gasteiger partial charge is 0.303 e. The number of hydrogen-bond acceptors (Lipinski definition) is 4. The van der Waals surface area contributed by atoms with Crippen LogP contribution in [0.3, 0.4) is 0 Å². The van der Waals surface area contributed by atoms with Crippen LogP contribution in [0.25, 0.3) is 5.69 Å². The second-order valence-corrected chi connectivity index (χ2v) is 4.60. The fraction of sp³-hybridized carbons (Fsp3) is 0.188. The predicted octanol–water partition coefficient (Wildman–Crippen LogP) is 2.36. The van der Waals surface area contributed by atoms with Gasteiger partial charge >= 0.3 is 0 Å². The van der Waals surface area contributed by atoms with Crippen molar-refractivity contribution in [2.75, 3.05) is 6.54 Å². The van der Waals surface area contributed by atoms with Crippen LogP contribution in [0.2, 0.25) is 0 Å². The lowest BCUT2D eigenvalue weighted by Crippen LogP contribution is -2.26. The van der Waals surface area contributed by atoms with E-state index in [1.54, 1.807) is 18.6 Å². The maximum absolute atomic E-state index is 4.44. The molecule has 2 aromatic heterocycles. The van der Waals surface area contributed by atoms with Crippen LogP contribution in [0.4, 0.5) is 0 Å². The zero-order valence-corrected chi connectivity index (χ0v) is 11.8. The molecule has 0 amide bonds. The minimum absolute atomic E-state index is 0.0843. The Hall–Kier alpha value is -2.53. The van der Waals surface area contributed by atoms with E-state index in [0.29, 0.717) is 0 Å². The standard InChI is InChI=1S/C16H17N5/c1-2-17-15(16-18-10-6-11-19-16)14-9-12-20-21(14)13-7-4-3-5-8-13/h3-12,15,17H,2H2,1H3. The summed E-state index contributed by atoms with van der Waals surface area (Å²) in [6.07, 6.45) is 5.32. The van der Waals surface area contributed by atoms with E-state index >= 15 is 0 Å². The molecule has 1 atom stereocenters. The van der Waals surface area contributed by atoms with Crippen LogP contribution in [-0.2, 0) is 0 Å². The Morgan fingerprint density at radius 1 is 1.00 bits per heavy atom. The highest BCUT2D eigenvalue weighted by atomic mass is 15.3. The van der Waals surface area contributed by atoms with E-state index in [1.165, 1.54) is 0 Å². The number of nitrogens with zero attached hydrogens (tertiary/aromatic N) is 4. The third-order valence-electron chi connectivity index (χ3n) is 3.22. The average Bonchev–Trinajstić information content (AvgIpc) is 3.03. The van der Waals surface area contributed by atoms with Gasteiger partial charge in [0, 0.05) is 18.6 Å². The number of rotatable bonds is 5. The fourth-order valence-corrected chi connectivity index (χ4v) is 2.31. The molecule has 106 valence electrons. The van der Waals surface area contributed by atoms with Gasteiger partial charge in [-0.15, -0.1) is 0 Å². The predicted molar refractivity (Wildman–Crippen MR) is 81.1 cm³/mol. The summed E-state index contributed by atoms with van der Waals surface area (Å²) in [4.78, 5) is 8.75. The molecule has 0 aliphatic rings. The Kier molecular flexibility index (Phi) is 4.02. The Labute approximate surface area is 123 Å². The molecule has 0 aliphatic heterocycles.